The Bertz CT molecular complexity index is 1340. The number of carboxylic acids is 1. The first-order valence-corrected chi connectivity index (χ1v) is 12.1. The number of benzene rings is 3. The molecule has 4 aromatic rings. The zero-order valence-electron chi connectivity index (χ0n) is 20.2. The van der Waals surface area contributed by atoms with E-state index < -0.39 is 5.97 Å². The molecule has 0 radical (unpaired) electrons. The molecule has 5 nitrogen and oxygen atoms in total. The lowest BCUT2D eigenvalue weighted by atomic mass is 9.98. The Labute approximate surface area is 206 Å². The summed E-state index contributed by atoms with van der Waals surface area (Å²) < 4.78 is 8.25. The Morgan fingerprint density at radius 3 is 2.49 bits per heavy atom. The third-order valence-electron chi connectivity index (χ3n) is 7.01. The summed E-state index contributed by atoms with van der Waals surface area (Å²) in [5.74, 6) is 1.19. The van der Waals surface area contributed by atoms with E-state index in [1.165, 1.54) is 16.7 Å². The largest absolute Gasteiger partial charge is 0.493 e. The number of hydrogen-bond acceptors (Lipinski definition) is 3. The van der Waals surface area contributed by atoms with Gasteiger partial charge in [-0.25, -0.2) is 4.98 Å². The van der Waals surface area contributed by atoms with Crippen LogP contribution >= 0.6 is 0 Å². The molecule has 0 unspecified atom stereocenters. The first-order chi connectivity index (χ1) is 17.0. The summed E-state index contributed by atoms with van der Waals surface area (Å²) in [6.45, 7) is 2.61. The number of hydrogen-bond donors (Lipinski definition) is 1. The molecule has 5 heteroatoms. The number of imidazole rings is 1. The fourth-order valence-electron chi connectivity index (χ4n) is 5.18. The van der Waals surface area contributed by atoms with Gasteiger partial charge in [0.15, 0.2) is 0 Å². The van der Waals surface area contributed by atoms with Gasteiger partial charge >= 0.3 is 5.97 Å². The van der Waals surface area contributed by atoms with E-state index in [9.17, 15) is 4.79 Å². The van der Waals surface area contributed by atoms with Crippen LogP contribution in [0.25, 0.3) is 22.5 Å². The van der Waals surface area contributed by atoms with Gasteiger partial charge in [-0.3, -0.25) is 4.79 Å². The number of nitrogens with zero attached hydrogens (tertiary/aromatic N) is 2. The van der Waals surface area contributed by atoms with Crippen LogP contribution in [0.4, 0.5) is 0 Å². The van der Waals surface area contributed by atoms with Crippen LogP contribution in [0.2, 0.25) is 0 Å². The minimum absolute atomic E-state index is 0.119. The van der Waals surface area contributed by atoms with E-state index in [-0.39, 0.29) is 12.3 Å². The van der Waals surface area contributed by atoms with Crippen molar-refractivity contribution in [1.29, 1.82) is 0 Å². The molecule has 0 bridgehead atoms. The second-order valence-corrected chi connectivity index (χ2v) is 9.26. The predicted octanol–water partition coefficient (Wildman–Crippen LogP) is 6.19. The van der Waals surface area contributed by atoms with Crippen LogP contribution in [0.5, 0.6) is 5.75 Å². The minimum atomic E-state index is -0.735. The SMILES string of the molecule is Cc1nc(-c2ccc(-c3ccccc3)cc2)n(C)c1CCOc1ccc2c(c1)CC[C@H]2CC(=O)O. The summed E-state index contributed by atoms with van der Waals surface area (Å²) in [7, 11) is 2.06. The van der Waals surface area contributed by atoms with Gasteiger partial charge in [0.1, 0.15) is 11.6 Å². The highest BCUT2D eigenvalue weighted by Crippen LogP contribution is 2.37. The highest BCUT2D eigenvalue weighted by Gasteiger charge is 2.25. The molecule has 35 heavy (non-hydrogen) atoms. The Morgan fingerprint density at radius 2 is 1.74 bits per heavy atom. The van der Waals surface area contributed by atoms with Crippen LogP contribution in [0.3, 0.4) is 0 Å². The Hall–Kier alpha value is -3.86. The fraction of sp³-hybridized carbons (Fsp3) is 0.267. The second kappa shape index (κ2) is 9.79. The molecule has 1 atom stereocenters. The summed E-state index contributed by atoms with van der Waals surface area (Å²) in [5, 5.41) is 9.13. The number of aryl methyl sites for hydroxylation is 2. The number of rotatable bonds is 8. The molecule has 0 spiro atoms. The number of carbonyl (C=O) groups is 1. The van der Waals surface area contributed by atoms with Gasteiger partial charge in [0.05, 0.1) is 18.7 Å². The molecule has 0 saturated heterocycles. The standard InChI is InChI=1S/C30H30N2O3/c1-20-28(16-17-35-26-14-15-27-24(18-26)12-13-25(27)19-29(33)34)32(2)30(31-20)23-10-8-22(9-11-23)21-6-4-3-5-7-21/h3-11,14-15,18,25H,12-13,16-17,19H2,1-2H3,(H,33,34)/t25-/m0/s1. The topological polar surface area (TPSA) is 64.4 Å². The third-order valence-corrected chi connectivity index (χ3v) is 7.01. The van der Waals surface area contributed by atoms with Gasteiger partial charge < -0.3 is 14.4 Å². The molecular weight excluding hydrogens is 436 g/mol. The monoisotopic (exact) mass is 466 g/mol. The van der Waals surface area contributed by atoms with E-state index in [0.29, 0.717) is 6.61 Å². The average molecular weight is 467 g/mol. The molecule has 0 fully saturated rings. The first kappa shape index (κ1) is 22.9. The van der Waals surface area contributed by atoms with E-state index in [0.717, 1.165) is 53.4 Å². The van der Waals surface area contributed by atoms with Crippen LogP contribution in [0.15, 0.2) is 72.8 Å². The summed E-state index contributed by atoms with van der Waals surface area (Å²) in [4.78, 5) is 15.9. The van der Waals surface area contributed by atoms with E-state index in [2.05, 4.69) is 73.1 Å². The van der Waals surface area contributed by atoms with Crippen molar-refractivity contribution >= 4 is 5.97 Å². The quantitative estimate of drug-likeness (QED) is 0.336. The van der Waals surface area contributed by atoms with Crippen molar-refractivity contribution < 1.29 is 14.6 Å². The van der Waals surface area contributed by atoms with Crippen LogP contribution in [0.1, 0.15) is 41.3 Å². The molecule has 178 valence electrons. The van der Waals surface area contributed by atoms with Crippen molar-refractivity contribution in [2.24, 2.45) is 7.05 Å². The van der Waals surface area contributed by atoms with Crippen molar-refractivity contribution in [2.75, 3.05) is 6.61 Å². The Kier molecular flexibility index (Phi) is 6.41. The molecular formula is C30H30N2O3. The lowest BCUT2D eigenvalue weighted by molar-refractivity contribution is -0.137. The van der Waals surface area contributed by atoms with Crippen LogP contribution in [0, 0.1) is 6.92 Å². The zero-order valence-corrected chi connectivity index (χ0v) is 20.2. The Morgan fingerprint density at radius 1 is 1.03 bits per heavy atom. The first-order valence-electron chi connectivity index (χ1n) is 12.1. The van der Waals surface area contributed by atoms with Gasteiger partial charge in [0.2, 0.25) is 0 Å². The van der Waals surface area contributed by atoms with Crippen molar-refractivity contribution in [3.63, 3.8) is 0 Å². The van der Waals surface area contributed by atoms with Gasteiger partial charge in [-0.15, -0.1) is 0 Å². The molecule has 1 aromatic heterocycles. The van der Waals surface area contributed by atoms with E-state index in [4.69, 9.17) is 14.8 Å². The van der Waals surface area contributed by atoms with Crippen LogP contribution in [-0.2, 0) is 24.7 Å². The minimum Gasteiger partial charge on any atom is -0.493 e. The number of aliphatic carboxylic acids is 1. The molecule has 0 aliphatic heterocycles. The molecule has 1 aliphatic rings. The summed E-state index contributed by atoms with van der Waals surface area (Å²) in [5.41, 5.74) is 8.04. The van der Waals surface area contributed by atoms with Gasteiger partial charge in [-0.05, 0) is 60.1 Å². The number of aromatic nitrogens is 2. The fourth-order valence-corrected chi connectivity index (χ4v) is 5.18. The third kappa shape index (κ3) is 4.85. The summed E-state index contributed by atoms with van der Waals surface area (Å²) >= 11 is 0. The number of fused-ring (bicyclic) bond motifs is 1. The molecule has 0 saturated carbocycles. The molecule has 1 aliphatic carbocycles. The second-order valence-electron chi connectivity index (χ2n) is 9.26. The maximum absolute atomic E-state index is 11.1. The molecule has 1 heterocycles. The maximum Gasteiger partial charge on any atom is 0.303 e. The van der Waals surface area contributed by atoms with Crippen molar-refractivity contribution in [1.82, 2.24) is 9.55 Å². The van der Waals surface area contributed by atoms with Gasteiger partial charge in [0, 0.05) is 24.7 Å². The lowest BCUT2D eigenvalue weighted by Crippen LogP contribution is -2.07. The smallest absolute Gasteiger partial charge is 0.303 e. The van der Waals surface area contributed by atoms with E-state index in [1.807, 2.05) is 18.2 Å². The summed E-state index contributed by atoms with van der Waals surface area (Å²) in [6, 6.07) is 25.0. The lowest BCUT2D eigenvalue weighted by Gasteiger charge is -2.12. The molecule has 3 aromatic carbocycles. The average Bonchev–Trinajstić information content (AvgIpc) is 3.39. The van der Waals surface area contributed by atoms with Crippen molar-refractivity contribution in [3.05, 3.63) is 95.3 Å². The van der Waals surface area contributed by atoms with Gasteiger partial charge in [0.25, 0.3) is 0 Å². The molecule has 0 amide bonds. The number of carboxylic acid groups (broad SMARTS) is 1. The molecule has 5 rings (SSSR count). The normalized spacial score (nSPS) is 14.6. The highest BCUT2D eigenvalue weighted by molar-refractivity contribution is 5.69. The van der Waals surface area contributed by atoms with Crippen LogP contribution < -0.4 is 4.74 Å². The number of ether oxygens (including phenoxy) is 1. The predicted molar refractivity (Wildman–Crippen MR) is 138 cm³/mol. The van der Waals surface area contributed by atoms with Gasteiger partial charge in [-0.2, -0.15) is 0 Å². The van der Waals surface area contributed by atoms with Crippen molar-refractivity contribution in [2.45, 2.75) is 38.5 Å². The highest BCUT2D eigenvalue weighted by atomic mass is 16.5. The summed E-state index contributed by atoms with van der Waals surface area (Å²) in [6.07, 6.45) is 2.77. The zero-order chi connectivity index (χ0) is 24.4. The van der Waals surface area contributed by atoms with Crippen LogP contribution in [-0.4, -0.2) is 27.2 Å². The molecule has 1 N–H and O–H groups in total. The Balaban J connectivity index is 1.25. The van der Waals surface area contributed by atoms with Gasteiger partial charge in [-0.1, -0.05) is 60.7 Å². The van der Waals surface area contributed by atoms with Crippen molar-refractivity contribution in [3.8, 4) is 28.3 Å². The van der Waals surface area contributed by atoms with E-state index >= 15 is 0 Å². The van der Waals surface area contributed by atoms with E-state index in [1.54, 1.807) is 0 Å². The maximum atomic E-state index is 11.1.